The van der Waals surface area contributed by atoms with Crippen LogP contribution in [0.1, 0.15) is 0 Å². The summed E-state index contributed by atoms with van der Waals surface area (Å²) in [6.07, 6.45) is 0. The Labute approximate surface area is 67.9 Å². The molecule has 0 atom stereocenters. The normalized spacial score (nSPS) is 9.30. The number of hydrogen-bond acceptors (Lipinski definition) is 5. The predicted octanol–water partition coefficient (Wildman–Crippen LogP) is 0.533. The fourth-order valence-electron chi connectivity index (χ4n) is 0.285. The van der Waals surface area contributed by atoms with Gasteiger partial charge in [0.1, 0.15) is 6.61 Å². The Balaban J connectivity index is 2.70. The van der Waals surface area contributed by atoms with E-state index in [1.807, 2.05) is 0 Å². The zero-order valence-electron chi connectivity index (χ0n) is 5.49. The number of aliphatic hydroxyl groups is 1. The van der Waals surface area contributed by atoms with Crippen LogP contribution in [0.5, 0.6) is 0 Å². The average Bonchev–Trinajstić information content (AvgIpc) is 1.97. The molecule has 0 bridgehead atoms. The van der Waals surface area contributed by atoms with E-state index >= 15 is 0 Å². The highest BCUT2D eigenvalue weighted by Gasteiger charge is 1.88. The van der Waals surface area contributed by atoms with Gasteiger partial charge in [-0.15, -0.1) is 0 Å². The minimum Gasteiger partial charge on any atom is -0.467 e. The summed E-state index contributed by atoms with van der Waals surface area (Å²) in [5.41, 5.74) is 0. The zero-order valence-corrected chi connectivity index (χ0v) is 7.12. The summed E-state index contributed by atoms with van der Waals surface area (Å²) in [4.78, 5) is 9.62. The van der Waals surface area contributed by atoms with Crippen molar-refractivity contribution in [1.29, 1.82) is 0 Å². The third-order valence-corrected chi connectivity index (χ3v) is 2.96. The Bertz CT molecular complexity index is 79.3. The summed E-state index contributed by atoms with van der Waals surface area (Å²) in [6.45, 7) is 1.09. The third-order valence-electron chi connectivity index (χ3n) is 0.611. The van der Waals surface area contributed by atoms with Gasteiger partial charge in [0.25, 0.3) is 6.47 Å². The average molecular weight is 182 g/mol. The number of aliphatic hydroxyl groups excluding tert-OH is 1. The lowest BCUT2D eigenvalue weighted by atomic mass is 10.9. The van der Waals surface area contributed by atoms with Gasteiger partial charge in [-0.2, -0.15) is 0 Å². The van der Waals surface area contributed by atoms with Crippen molar-refractivity contribution in [3.8, 4) is 0 Å². The second-order valence-corrected chi connectivity index (χ2v) is 4.04. The maximum absolute atomic E-state index is 9.62. The van der Waals surface area contributed by atoms with Crippen LogP contribution in [0.4, 0.5) is 0 Å². The van der Waals surface area contributed by atoms with Crippen molar-refractivity contribution in [2.24, 2.45) is 0 Å². The van der Waals surface area contributed by atoms with Crippen LogP contribution in [-0.2, 0) is 9.53 Å². The van der Waals surface area contributed by atoms with Gasteiger partial charge >= 0.3 is 0 Å². The molecule has 0 rings (SSSR count). The molecule has 0 fully saturated rings. The first kappa shape index (κ1) is 10.1. The summed E-state index contributed by atoms with van der Waals surface area (Å²) in [5, 5.41) is 8.35. The van der Waals surface area contributed by atoms with Crippen molar-refractivity contribution in [3.05, 3.63) is 0 Å². The molecule has 0 aliphatic rings. The van der Waals surface area contributed by atoms with E-state index in [0.717, 1.165) is 11.5 Å². The second kappa shape index (κ2) is 9.13. The molecule has 0 unspecified atom stereocenters. The molecule has 10 heavy (non-hydrogen) atoms. The molecule has 0 spiro atoms. The molecule has 0 saturated carbocycles. The Hall–Kier alpha value is 0.130. The maximum atomic E-state index is 9.62. The standard InChI is InChI=1S/C5H10O3S2/c6-1-3-9-10-4-2-8-5-7/h5-6H,1-4H2. The van der Waals surface area contributed by atoms with Crippen LogP contribution in [0.15, 0.2) is 0 Å². The van der Waals surface area contributed by atoms with Gasteiger partial charge in [-0.1, -0.05) is 21.6 Å². The van der Waals surface area contributed by atoms with Crippen LogP contribution < -0.4 is 0 Å². The van der Waals surface area contributed by atoms with E-state index in [1.54, 1.807) is 21.6 Å². The van der Waals surface area contributed by atoms with Crippen molar-refractivity contribution < 1.29 is 14.6 Å². The van der Waals surface area contributed by atoms with Crippen molar-refractivity contribution in [1.82, 2.24) is 0 Å². The van der Waals surface area contributed by atoms with E-state index in [-0.39, 0.29) is 6.61 Å². The van der Waals surface area contributed by atoms with Gasteiger partial charge in [0, 0.05) is 11.5 Å². The van der Waals surface area contributed by atoms with Gasteiger partial charge in [0.05, 0.1) is 6.61 Å². The molecule has 0 heterocycles. The molecule has 0 aromatic rings. The molecule has 5 heteroatoms. The van der Waals surface area contributed by atoms with E-state index < -0.39 is 0 Å². The minimum absolute atomic E-state index is 0.201. The highest BCUT2D eigenvalue weighted by atomic mass is 33.1. The quantitative estimate of drug-likeness (QED) is 0.353. The second-order valence-electron chi connectivity index (χ2n) is 1.33. The summed E-state index contributed by atoms with van der Waals surface area (Å²) in [7, 11) is 3.16. The monoisotopic (exact) mass is 182 g/mol. The first-order chi connectivity index (χ1) is 4.91. The Morgan fingerprint density at radius 2 is 2.10 bits per heavy atom. The molecule has 3 nitrogen and oxygen atoms in total. The first-order valence-corrected chi connectivity index (χ1v) is 5.31. The molecule has 1 N–H and O–H groups in total. The van der Waals surface area contributed by atoms with Gasteiger partial charge in [-0.05, 0) is 0 Å². The summed E-state index contributed by atoms with van der Waals surface area (Å²) in [6, 6.07) is 0. The van der Waals surface area contributed by atoms with E-state index in [0.29, 0.717) is 13.1 Å². The van der Waals surface area contributed by atoms with Gasteiger partial charge in [0.15, 0.2) is 0 Å². The molecule has 0 aliphatic heterocycles. The lowest BCUT2D eigenvalue weighted by molar-refractivity contribution is -0.128. The highest BCUT2D eigenvalue weighted by molar-refractivity contribution is 8.76. The third kappa shape index (κ3) is 8.13. The van der Waals surface area contributed by atoms with E-state index in [2.05, 4.69) is 4.74 Å². The number of carbonyl (C=O) groups is 1. The SMILES string of the molecule is O=COCCSSCCO. The fraction of sp³-hybridized carbons (Fsp3) is 0.800. The Morgan fingerprint density at radius 1 is 1.40 bits per heavy atom. The number of carbonyl (C=O) groups excluding carboxylic acids is 1. The molecule has 0 amide bonds. The molecular weight excluding hydrogens is 172 g/mol. The molecule has 0 saturated heterocycles. The van der Waals surface area contributed by atoms with Crippen molar-refractivity contribution in [2.75, 3.05) is 24.7 Å². The Morgan fingerprint density at radius 3 is 2.70 bits per heavy atom. The van der Waals surface area contributed by atoms with Crippen LogP contribution in [0.3, 0.4) is 0 Å². The fourth-order valence-corrected chi connectivity index (χ4v) is 1.89. The van der Waals surface area contributed by atoms with Gasteiger partial charge in [-0.25, -0.2) is 0 Å². The number of rotatable bonds is 7. The van der Waals surface area contributed by atoms with E-state index in [9.17, 15) is 4.79 Å². The predicted molar refractivity (Wildman–Crippen MR) is 44.0 cm³/mol. The summed E-state index contributed by atoms with van der Waals surface area (Å²) in [5.74, 6) is 1.51. The van der Waals surface area contributed by atoms with Crippen molar-refractivity contribution in [3.63, 3.8) is 0 Å². The Kier molecular flexibility index (Phi) is 9.25. The van der Waals surface area contributed by atoms with Crippen LogP contribution in [0.25, 0.3) is 0 Å². The minimum atomic E-state index is 0.201. The highest BCUT2D eigenvalue weighted by Crippen LogP contribution is 2.19. The first-order valence-electron chi connectivity index (χ1n) is 2.82. The van der Waals surface area contributed by atoms with Gasteiger partial charge in [-0.3, -0.25) is 4.79 Å². The number of ether oxygens (including phenoxy) is 1. The van der Waals surface area contributed by atoms with Crippen molar-refractivity contribution in [2.45, 2.75) is 0 Å². The number of hydrogen-bond donors (Lipinski definition) is 1. The lowest BCUT2D eigenvalue weighted by Crippen LogP contribution is -1.93. The van der Waals surface area contributed by atoms with Crippen LogP contribution in [0, 0.1) is 0 Å². The summed E-state index contributed by atoms with van der Waals surface area (Å²) >= 11 is 0. The molecule has 0 aromatic carbocycles. The van der Waals surface area contributed by atoms with Crippen LogP contribution in [-0.4, -0.2) is 36.3 Å². The molecule has 0 aromatic heterocycles. The zero-order chi connectivity index (χ0) is 7.66. The smallest absolute Gasteiger partial charge is 0.293 e. The van der Waals surface area contributed by atoms with Crippen LogP contribution in [0.2, 0.25) is 0 Å². The largest absolute Gasteiger partial charge is 0.467 e. The van der Waals surface area contributed by atoms with Crippen LogP contribution >= 0.6 is 21.6 Å². The van der Waals surface area contributed by atoms with Gasteiger partial charge in [0.2, 0.25) is 0 Å². The topological polar surface area (TPSA) is 46.5 Å². The van der Waals surface area contributed by atoms with E-state index in [1.165, 1.54) is 0 Å². The molecular formula is C5H10O3S2. The van der Waals surface area contributed by atoms with Crippen molar-refractivity contribution >= 4 is 28.1 Å². The van der Waals surface area contributed by atoms with E-state index in [4.69, 9.17) is 5.11 Å². The van der Waals surface area contributed by atoms with Gasteiger partial charge < -0.3 is 9.84 Å². The molecule has 0 aliphatic carbocycles. The lowest BCUT2D eigenvalue weighted by Gasteiger charge is -1.96. The summed E-state index contributed by atoms with van der Waals surface area (Å²) < 4.78 is 4.44. The maximum Gasteiger partial charge on any atom is 0.293 e. The molecule has 60 valence electrons. The molecule has 0 radical (unpaired) electrons.